The smallest absolute Gasteiger partial charge is 0.262 e. The lowest BCUT2D eigenvalue weighted by atomic mass is 10.2. The number of hydrogen-bond acceptors (Lipinski definition) is 4. The van der Waals surface area contributed by atoms with Crippen LogP contribution in [0.3, 0.4) is 0 Å². The van der Waals surface area contributed by atoms with Crippen LogP contribution in [0.25, 0.3) is 0 Å². The maximum absolute atomic E-state index is 12.3. The van der Waals surface area contributed by atoms with E-state index in [0.29, 0.717) is 18.1 Å². The summed E-state index contributed by atoms with van der Waals surface area (Å²) >= 11 is 2.18. The second kappa shape index (κ2) is 10.8. The highest BCUT2D eigenvalue weighted by molar-refractivity contribution is 14.1. The molecule has 30 heavy (non-hydrogen) atoms. The first-order valence-electron chi connectivity index (χ1n) is 9.60. The molecule has 154 valence electrons. The lowest BCUT2D eigenvalue weighted by molar-refractivity contribution is -0.118. The van der Waals surface area contributed by atoms with Gasteiger partial charge in [0.05, 0.1) is 15.9 Å². The summed E-state index contributed by atoms with van der Waals surface area (Å²) in [7, 11) is 0. The Bertz CT molecular complexity index is 1040. The topological polar surface area (TPSA) is 59.9 Å². The highest BCUT2D eigenvalue weighted by atomic mass is 127. The van der Waals surface area contributed by atoms with Crippen LogP contribution in [0.1, 0.15) is 18.1 Å². The Hall–Kier alpha value is -2.87. The number of amides is 1. The number of anilines is 1. The van der Waals surface area contributed by atoms with Crippen LogP contribution < -0.4 is 14.8 Å². The van der Waals surface area contributed by atoms with Crippen LogP contribution in [0.5, 0.6) is 11.5 Å². The zero-order valence-corrected chi connectivity index (χ0v) is 19.0. The Morgan fingerprint density at radius 3 is 2.60 bits per heavy atom. The predicted octanol–water partition coefficient (Wildman–Crippen LogP) is 5.77. The number of halogens is 1. The number of nitrogens with zero attached hydrogens (tertiary/aromatic N) is 1. The van der Waals surface area contributed by atoms with Crippen LogP contribution in [-0.2, 0) is 4.79 Å². The lowest BCUT2D eigenvalue weighted by Gasteiger charge is -2.14. The zero-order chi connectivity index (χ0) is 21.3. The maximum atomic E-state index is 12.3. The van der Waals surface area contributed by atoms with Crippen LogP contribution in [0, 0.1) is 10.5 Å². The van der Waals surface area contributed by atoms with Crippen LogP contribution in [-0.4, -0.2) is 25.3 Å². The number of rotatable bonds is 8. The molecule has 3 aromatic carbocycles. The molecule has 5 nitrogen and oxygen atoms in total. The van der Waals surface area contributed by atoms with Crippen LogP contribution in [0.4, 0.5) is 11.4 Å². The van der Waals surface area contributed by atoms with Gasteiger partial charge in [0.1, 0.15) is 0 Å². The third kappa shape index (κ3) is 6.32. The van der Waals surface area contributed by atoms with E-state index in [9.17, 15) is 4.79 Å². The molecule has 0 aliphatic carbocycles. The zero-order valence-electron chi connectivity index (χ0n) is 16.9. The van der Waals surface area contributed by atoms with Crippen LogP contribution >= 0.6 is 22.6 Å². The first-order valence-corrected chi connectivity index (χ1v) is 10.7. The van der Waals surface area contributed by atoms with E-state index in [-0.39, 0.29) is 12.5 Å². The van der Waals surface area contributed by atoms with Crippen LogP contribution in [0.2, 0.25) is 0 Å². The van der Waals surface area contributed by atoms with Crippen molar-refractivity contribution in [3.63, 3.8) is 0 Å². The largest absolute Gasteiger partial charge is 0.490 e. The molecule has 0 saturated carbocycles. The summed E-state index contributed by atoms with van der Waals surface area (Å²) in [4.78, 5) is 16.8. The van der Waals surface area contributed by atoms with Gasteiger partial charge in [0, 0.05) is 11.9 Å². The Morgan fingerprint density at radius 2 is 1.87 bits per heavy atom. The SMILES string of the molecule is CCOc1cc(C=Nc2ccccc2)cc(I)c1OCC(=O)Nc1cccc(C)c1. The van der Waals surface area contributed by atoms with E-state index in [0.717, 1.165) is 26.1 Å². The van der Waals surface area contributed by atoms with Gasteiger partial charge in [0.15, 0.2) is 18.1 Å². The molecule has 6 heteroatoms. The number of carbonyl (C=O) groups excluding carboxylic acids is 1. The lowest BCUT2D eigenvalue weighted by Crippen LogP contribution is -2.20. The van der Waals surface area contributed by atoms with Gasteiger partial charge >= 0.3 is 0 Å². The monoisotopic (exact) mass is 514 g/mol. The first kappa shape index (κ1) is 21.8. The highest BCUT2D eigenvalue weighted by Crippen LogP contribution is 2.34. The summed E-state index contributed by atoms with van der Waals surface area (Å²) in [5.74, 6) is 0.907. The van der Waals surface area contributed by atoms with Crippen molar-refractivity contribution in [2.45, 2.75) is 13.8 Å². The molecule has 3 aromatic rings. The van der Waals surface area contributed by atoms with Crippen molar-refractivity contribution in [3.8, 4) is 11.5 Å². The maximum Gasteiger partial charge on any atom is 0.262 e. The number of nitrogens with one attached hydrogen (secondary N) is 1. The molecule has 3 rings (SSSR count). The fourth-order valence-electron chi connectivity index (χ4n) is 2.79. The Balaban J connectivity index is 1.72. The van der Waals surface area contributed by atoms with Gasteiger partial charge in [-0.15, -0.1) is 0 Å². The van der Waals surface area contributed by atoms with Gasteiger partial charge in [-0.25, -0.2) is 0 Å². The van der Waals surface area contributed by atoms with Gasteiger partial charge in [-0.3, -0.25) is 9.79 Å². The molecule has 1 amide bonds. The quantitative estimate of drug-likeness (QED) is 0.307. The van der Waals surface area contributed by atoms with Crippen molar-refractivity contribution >= 4 is 46.1 Å². The van der Waals surface area contributed by atoms with Crippen molar-refractivity contribution in [3.05, 3.63) is 81.4 Å². The van der Waals surface area contributed by atoms with E-state index < -0.39 is 0 Å². The van der Waals surface area contributed by atoms with Gasteiger partial charge in [-0.2, -0.15) is 0 Å². The minimum Gasteiger partial charge on any atom is -0.490 e. The standard InChI is InChI=1S/C24H23IN2O3/c1-3-29-22-14-18(15-26-19-9-5-4-6-10-19)13-21(25)24(22)30-16-23(28)27-20-11-7-8-17(2)12-20/h4-15H,3,16H2,1-2H3,(H,27,28). The fourth-order valence-corrected chi connectivity index (χ4v) is 3.57. The Kier molecular flexibility index (Phi) is 7.84. The van der Waals surface area contributed by atoms with E-state index in [1.807, 2.05) is 80.6 Å². The summed E-state index contributed by atoms with van der Waals surface area (Å²) in [5.41, 5.74) is 3.59. The van der Waals surface area contributed by atoms with Crippen molar-refractivity contribution in [1.82, 2.24) is 0 Å². The summed E-state index contributed by atoms with van der Waals surface area (Å²) in [6.45, 7) is 4.26. The van der Waals surface area contributed by atoms with Crippen molar-refractivity contribution in [2.75, 3.05) is 18.5 Å². The highest BCUT2D eigenvalue weighted by Gasteiger charge is 2.14. The molecular weight excluding hydrogens is 491 g/mol. The fraction of sp³-hybridized carbons (Fsp3) is 0.167. The molecule has 0 aliphatic heterocycles. The predicted molar refractivity (Wildman–Crippen MR) is 129 cm³/mol. The van der Waals surface area contributed by atoms with E-state index in [1.165, 1.54) is 0 Å². The molecule has 1 N–H and O–H groups in total. The van der Waals surface area contributed by atoms with E-state index in [4.69, 9.17) is 9.47 Å². The van der Waals surface area contributed by atoms with Crippen molar-refractivity contribution in [1.29, 1.82) is 0 Å². The molecule has 0 saturated heterocycles. The third-order valence-corrected chi connectivity index (χ3v) is 4.90. The average Bonchev–Trinajstić information content (AvgIpc) is 2.72. The van der Waals surface area contributed by atoms with E-state index in [2.05, 4.69) is 32.9 Å². The molecule has 0 fully saturated rings. The number of benzene rings is 3. The number of hydrogen-bond donors (Lipinski definition) is 1. The number of ether oxygens (including phenoxy) is 2. The van der Waals surface area contributed by atoms with Gasteiger partial charge in [0.25, 0.3) is 5.91 Å². The van der Waals surface area contributed by atoms with Gasteiger partial charge in [-0.1, -0.05) is 30.3 Å². The Labute approximate surface area is 190 Å². The second-order valence-corrected chi connectivity index (χ2v) is 7.73. The molecule has 0 atom stereocenters. The third-order valence-electron chi connectivity index (χ3n) is 4.10. The molecule has 0 bridgehead atoms. The molecule has 0 aliphatic rings. The van der Waals surface area contributed by atoms with E-state index in [1.54, 1.807) is 6.21 Å². The minimum atomic E-state index is -0.228. The summed E-state index contributed by atoms with van der Waals surface area (Å²) < 4.78 is 12.4. The van der Waals surface area contributed by atoms with Crippen LogP contribution in [0.15, 0.2) is 71.7 Å². The molecule has 0 unspecified atom stereocenters. The van der Waals surface area contributed by atoms with Crippen molar-refractivity contribution < 1.29 is 14.3 Å². The summed E-state index contributed by atoms with van der Waals surface area (Å²) in [6.07, 6.45) is 1.79. The van der Waals surface area contributed by atoms with E-state index >= 15 is 0 Å². The summed E-state index contributed by atoms with van der Waals surface area (Å²) in [6, 6.07) is 21.2. The second-order valence-electron chi connectivity index (χ2n) is 6.56. The average molecular weight is 514 g/mol. The number of aliphatic imine (C=N–C) groups is 1. The molecule has 0 radical (unpaired) electrons. The molecule has 0 spiro atoms. The first-order chi connectivity index (χ1) is 14.5. The minimum absolute atomic E-state index is 0.110. The number of para-hydroxylation sites is 1. The van der Waals surface area contributed by atoms with Gasteiger partial charge in [0.2, 0.25) is 0 Å². The van der Waals surface area contributed by atoms with Gasteiger partial charge in [-0.05, 0) is 84.0 Å². The van der Waals surface area contributed by atoms with Gasteiger partial charge < -0.3 is 14.8 Å². The summed E-state index contributed by atoms with van der Waals surface area (Å²) in [5, 5.41) is 2.85. The number of aryl methyl sites for hydroxylation is 1. The molecule has 0 aromatic heterocycles. The normalized spacial score (nSPS) is 10.8. The Morgan fingerprint density at radius 1 is 1.07 bits per heavy atom. The van der Waals surface area contributed by atoms with Crippen molar-refractivity contribution in [2.24, 2.45) is 4.99 Å². The molecule has 0 heterocycles. The molecular formula is C24H23IN2O3. The number of carbonyl (C=O) groups is 1.